The number of aromatic nitrogens is 1. The first kappa shape index (κ1) is 14.5. The van der Waals surface area contributed by atoms with Gasteiger partial charge in [0.1, 0.15) is 12.4 Å². The predicted molar refractivity (Wildman–Crippen MR) is 78.8 cm³/mol. The predicted octanol–water partition coefficient (Wildman–Crippen LogP) is 5.07. The lowest BCUT2D eigenvalue weighted by molar-refractivity contribution is -0.137. The summed E-state index contributed by atoms with van der Waals surface area (Å²) in [6.07, 6.45) is -4.33. The van der Waals surface area contributed by atoms with Gasteiger partial charge in [0, 0.05) is 10.9 Å². The van der Waals surface area contributed by atoms with Crippen molar-refractivity contribution in [3.8, 4) is 5.75 Å². The van der Waals surface area contributed by atoms with Gasteiger partial charge in [0.05, 0.1) is 11.3 Å². The Bertz CT molecular complexity index is 788. The van der Waals surface area contributed by atoms with Crippen molar-refractivity contribution in [3.05, 3.63) is 65.4 Å². The Balaban J connectivity index is 1.71. The van der Waals surface area contributed by atoms with Crippen LogP contribution in [0.3, 0.4) is 0 Å². The zero-order valence-electron chi connectivity index (χ0n) is 11.9. The maximum absolute atomic E-state index is 12.5. The molecule has 1 N–H and O–H groups in total. The quantitative estimate of drug-likeness (QED) is 0.717. The van der Waals surface area contributed by atoms with Crippen molar-refractivity contribution in [1.29, 1.82) is 0 Å². The summed E-state index contributed by atoms with van der Waals surface area (Å²) < 4.78 is 42.9. The number of aromatic amines is 1. The molecule has 0 aliphatic carbocycles. The summed E-state index contributed by atoms with van der Waals surface area (Å²) in [6.45, 7) is 2.30. The lowest BCUT2D eigenvalue weighted by Gasteiger charge is -2.08. The summed E-state index contributed by atoms with van der Waals surface area (Å²) >= 11 is 0. The largest absolute Gasteiger partial charge is 0.487 e. The van der Waals surface area contributed by atoms with Crippen LogP contribution < -0.4 is 4.74 Å². The SMILES string of the molecule is Cc1ccc2[nH]c(COc3ccc(C(F)(F)F)cc3)cc2c1. The molecular formula is C17H14F3NO. The summed E-state index contributed by atoms with van der Waals surface area (Å²) in [7, 11) is 0. The van der Waals surface area contributed by atoms with E-state index >= 15 is 0 Å². The highest BCUT2D eigenvalue weighted by molar-refractivity contribution is 5.81. The third-order valence-corrected chi connectivity index (χ3v) is 3.41. The zero-order chi connectivity index (χ0) is 15.7. The number of alkyl halides is 3. The lowest BCUT2D eigenvalue weighted by Crippen LogP contribution is -2.04. The number of H-pyrrole nitrogens is 1. The van der Waals surface area contributed by atoms with E-state index in [2.05, 4.69) is 11.1 Å². The minimum absolute atomic E-state index is 0.277. The molecular weight excluding hydrogens is 291 g/mol. The number of nitrogens with one attached hydrogen (secondary N) is 1. The number of ether oxygens (including phenoxy) is 1. The number of aryl methyl sites for hydroxylation is 1. The van der Waals surface area contributed by atoms with Crippen molar-refractivity contribution in [2.24, 2.45) is 0 Å². The van der Waals surface area contributed by atoms with Crippen molar-refractivity contribution >= 4 is 10.9 Å². The van der Waals surface area contributed by atoms with Crippen LogP contribution in [0.2, 0.25) is 0 Å². The van der Waals surface area contributed by atoms with Crippen molar-refractivity contribution in [1.82, 2.24) is 4.98 Å². The Labute approximate surface area is 125 Å². The number of hydrogen-bond acceptors (Lipinski definition) is 1. The maximum atomic E-state index is 12.5. The van der Waals surface area contributed by atoms with Crippen molar-refractivity contribution < 1.29 is 17.9 Å². The Morgan fingerprint density at radius 3 is 2.41 bits per heavy atom. The molecule has 114 valence electrons. The molecule has 3 rings (SSSR count). The fourth-order valence-electron chi connectivity index (χ4n) is 2.29. The molecule has 0 aliphatic rings. The van der Waals surface area contributed by atoms with E-state index in [1.807, 2.05) is 25.1 Å². The second-order valence-electron chi connectivity index (χ2n) is 5.20. The van der Waals surface area contributed by atoms with Crippen molar-refractivity contribution in [3.63, 3.8) is 0 Å². The van der Waals surface area contributed by atoms with Crippen LogP contribution in [0.5, 0.6) is 5.75 Å². The second-order valence-corrected chi connectivity index (χ2v) is 5.20. The molecule has 0 amide bonds. The Morgan fingerprint density at radius 1 is 1.00 bits per heavy atom. The molecule has 22 heavy (non-hydrogen) atoms. The first-order chi connectivity index (χ1) is 10.4. The Kier molecular flexibility index (Phi) is 3.56. The fourth-order valence-corrected chi connectivity index (χ4v) is 2.29. The molecule has 0 saturated heterocycles. The van der Waals surface area contributed by atoms with Gasteiger partial charge >= 0.3 is 6.18 Å². The topological polar surface area (TPSA) is 25.0 Å². The highest BCUT2D eigenvalue weighted by Gasteiger charge is 2.29. The number of halogens is 3. The van der Waals surface area contributed by atoms with Crippen molar-refractivity contribution in [2.45, 2.75) is 19.7 Å². The van der Waals surface area contributed by atoms with E-state index in [4.69, 9.17) is 4.74 Å². The average molecular weight is 305 g/mol. The molecule has 3 aromatic rings. The van der Waals surface area contributed by atoms with Crippen LogP contribution in [0.25, 0.3) is 10.9 Å². The summed E-state index contributed by atoms with van der Waals surface area (Å²) in [5, 5.41) is 1.09. The number of rotatable bonds is 3. The van der Waals surface area contributed by atoms with E-state index in [1.165, 1.54) is 17.7 Å². The van der Waals surface area contributed by atoms with E-state index in [0.717, 1.165) is 28.7 Å². The van der Waals surface area contributed by atoms with E-state index in [0.29, 0.717) is 5.75 Å². The third-order valence-electron chi connectivity index (χ3n) is 3.41. The van der Waals surface area contributed by atoms with Crippen LogP contribution in [0, 0.1) is 6.92 Å². The summed E-state index contributed by atoms with van der Waals surface area (Å²) in [6, 6.07) is 12.7. The molecule has 2 aromatic carbocycles. The number of benzene rings is 2. The van der Waals surface area contributed by atoms with E-state index in [1.54, 1.807) is 0 Å². The van der Waals surface area contributed by atoms with Crippen LogP contribution >= 0.6 is 0 Å². The maximum Gasteiger partial charge on any atom is 0.416 e. The van der Waals surface area contributed by atoms with Gasteiger partial charge in [0.25, 0.3) is 0 Å². The molecule has 0 saturated carbocycles. The van der Waals surface area contributed by atoms with Gasteiger partial charge in [-0.15, -0.1) is 0 Å². The molecule has 5 heteroatoms. The van der Waals surface area contributed by atoms with Crippen molar-refractivity contribution in [2.75, 3.05) is 0 Å². The highest BCUT2D eigenvalue weighted by atomic mass is 19.4. The smallest absolute Gasteiger partial charge is 0.416 e. The minimum atomic E-state index is -4.33. The third kappa shape index (κ3) is 3.08. The van der Waals surface area contributed by atoms with Gasteiger partial charge in [0.15, 0.2) is 0 Å². The zero-order valence-corrected chi connectivity index (χ0v) is 11.9. The summed E-state index contributed by atoms with van der Waals surface area (Å²) in [5.41, 5.74) is 2.37. The van der Waals surface area contributed by atoms with Crippen LogP contribution in [0.15, 0.2) is 48.5 Å². The average Bonchev–Trinajstić information content (AvgIpc) is 2.86. The highest BCUT2D eigenvalue weighted by Crippen LogP contribution is 2.30. The second kappa shape index (κ2) is 5.40. The normalized spacial score (nSPS) is 11.8. The van der Waals surface area contributed by atoms with Gasteiger partial charge < -0.3 is 9.72 Å². The molecule has 0 unspecified atom stereocenters. The molecule has 0 aliphatic heterocycles. The minimum Gasteiger partial charge on any atom is -0.487 e. The molecule has 1 aromatic heterocycles. The van der Waals surface area contributed by atoms with Gasteiger partial charge in [-0.2, -0.15) is 13.2 Å². The Hall–Kier alpha value is -2.43. The van der Waals surface area contributed by atoms with Gasteiger partial charge in [-0.25, -0.2) is 0 Å². The fraction of sp³-hybridized carbons (Fsp3) is 0.176. The van der Waals surface area contributed by atoms with Crippen LogP contribution in [-0.2, 0) is 12.8 Å². The number of hydrogen-bond donors (Lipinski definition) is 1. The first-order valence-corrected chi connectivity index (χ1v) is 6.80. The summed E-state index contributed by atoms with van der Waals surface area (Å²) in [5.74, 6) is 0.405. The lowest BCUT2D eigenvalue weighted by atomic mass is 10.2. The van der Waals surface area contributed by atoms with E-state index in [-0.39, 0.29) is 6.61 Å². The van der Waals surface area contributed by atoms with E-state index < -0.39 is 11.7 Å². The van der Waals surface area contributed by atoms with Crippen LogP contribution in [0.4, 0.5) is 13.2 Å². The molecule has 1 heterocycles. The van der Waals surface area contributed by atoms with Gasteiger partial charge in [-0.3, -0.25) is 0 Å². The Morgan fingerprint density at radius 2 is 1.73 bits per heavy atom. The van der Waals surface area contributed by atoms with Crippen LogP contribution in [0.1, 0.15) is 16.8 Å². The van der Waals surface area contributed by atoms with Gasteiger partial charge in [-0.1, -0.05) is 11.6 Å². The molecule has 0 spiro atoms. The van der Waals surface area contributed by atoms with Crippen LogP contribution in [-0.4, -0.2) is 4.98 Å². The first-order valence-electron chi connectivity index (χ1n) is 6.80. The molecule has 0 fully saturated rings. The van der Waals surface area contributed by atoms with E-state index in [9.17, 15) is 13.2 Å². The molecule has 0 radical (unpaired) electrons. The van der Waals surface area contributed by atoms with Gasteiger partial charge in [-0.05, 0) is 49.4 Å². The number of fused-ring (bicyclic) bond motifs is 1. The molecule has 2 nitrogen and oxygen atoms in total. The standard InChI is InChI=1S/C17H14F3NO/c1-11-2-7-16-12(8-11)9-14(21-16)10-22-15-5-3-13(4-6-15)17(18,19)20/h2-9,21H,10H2,1H3. The summed E-state index contributed by atoms with van der Waals surface area (Å²) in [4.78, 5) is 3.22. The van der Waals surface area contributed by atoms with Gasteiger partial charge in [0.2, 0.25) is 0 Å². The molecule has 0 bridgehead atoms. The molecule has 0 atom stereocenters. The monoisotopic (exact) mass is 305 g/mol.